The van der Waals surface area contributed by atoms with Gasteiger partial charge in [0.1, 0.15) is 0 Å². The standard InChI is InChI=1S/C13H18ClNO2/c1-4-17-12(16)9(2)13(3,15)10-5-7-11(14)8-6-10/h5-9H,4,15H2,1-3H3/t9-,13+/m1/s1. The summed E-state index contributed by atoms with van der Waals surface area (Å²) in [6, 6.07) is 7.19. The molecule has 17 heavy (non-hydrogen) atoms. The third-order valence-corrected chi connectivity index (χ3v) is 3.26. The largest absolute Gasteiger partial charge is 0.466 e. The normalized spacial score (nSPS) is 16.1. The van der Waals surface area contributed by atoms with Gasteiger partial charge in [-0.05, 0) is 38.5 Å². The number of halogens is 1. The Morgan fingerprint density at radius 3 is 2.47 bits per heavy atom. The predicted octanol–water partition coefficient (Wildman–Crippen LogP) is 2.71. The van der Waals surface area contributed by atoms with E-state index in [1.54, 1.807) is 26.0 Å². The number of hydrogen-bond acceptors (Lipinski definition) is 3. The number of rotatable bonds is 4. The number of carbonyl (C=O) groups is 1. The molecule has 2 atom stereocenters. The van der Waals surface area contributed by atoms with Gasteiger partial charge in [-0.2, -0.15) is 0 Å². The zero-order chi connectivity index (χ0) is 13.1. The van der Waals surface area contributed by atoms with Crippen LogP contribution in [0.5, 0.6) is 0 Å². The molecule has 0 saturated carbocycles. The SMILES string of the molecule is CCOC(=O)[C@@H](C)[C@](C)(N)c1ccc(Cl)cc1. The van der Waals surface area contributed by atoms with Gasteiger partial charge in [0.15, 0.2) is 0 Å². The molecule has 3 nitrogen and oxygen atoms in total. The van der Waals surface area contributed by atoms with E-state index in [-0.39, 0.29) is 5.97 Å². The van der Waals surface area contributed by atoms with E-state index in [2.05, 4.69) is 0 Å². The van der Waals surface area contributed by atoms with E-state index in [1.807, 2.05) is 19.1 Å². The van der Waals surface area contributed by atoms with Crippen LogP contribution in [0.2, 0.25) is 5.02 Å². The molecule has 0 bridgehead atoms. The fraction of sp³-hybridized carbons (Fsp3) is 0.462. The first-order valence-electron chi connectivity index (χ1n) is 5.61. The van der Waals surface area contributed by atoms with Crippen molar-refractivity contribution in [2.24, 2.45) is 11.7 Å². The maximum Gasteiger partial charge on any atom is 0.310 e. The Bertz CT molecular complexity index is 387. The number of esters is 1. The average Bonchev–Trinajstić information content (AvgIpc) is 2.29. The highest BCUT2D eigenvalue weighted by Gasteiger charge is 2.34. The summed E-state index contributed by atoms with van der Waals surface area (Å²) in [4.78, 5) is 11.7. The van der Waals surface area contributed by atoms with Crippen LogP contribution in [0.15, 0.2) is 24.3 Å². The second-order valence-corrected chi connectivity index (χ2v) is 4.70. The van der Waals surface area contributed by atoms with Crippen LogP contribution in [-0.4, -0.2) is 12.6 Å². The number of nitrogens with two attached hydrogens (primary N) is 1. The Morgan fingerprint density at radius 2 is 2.00 bits per heavy atom. The zero-order valence-electron chi connectivity index (χ0n) is 10.4. The van der Waals surface area contributed by atoms with Crippen molar-refractivity contribution in [1.29, 1.82) is 0 Å². The first-order valence-corrected chi connectivity index (χ1v) is 5.99. The molecule has 0 aliphatic rings. The van der Waals surface area contributed by atoms with Gasteiger partial charge in [0, 0.05) is 5.02 Å². The lowest BCUT2D eigenvalue weighted by atomic mass is 9.81. The van der Waals surface area contributed by atoms with Crippen LogP contribution in [0.4, 0.5) is 0 Å². The summed E-state index contributed by atoms with van der Waals surface area (Å²) < 4.78 is 4.99. The summed E-state index contributed by atoms with van der Waals surface area (Å²) in [5, 5.41) is 0.647. The molecule has 0 radical (unpaired) electrons. The van der Waals surface area contributed by atoms with Crippen LogP contribution in [0.3, 0.4) is 0 Å². The minimum absolute atomic E-state index is 0.285. The predicted molar refractivity (Wildman–Crippen MR) is 68.8 cm³/mol. The molecule has 0 aliphatic heterocycles. The summed E-state index contributed by atoms with van der Waals surface area (Å²) in [7, 11) is 0. The number of ether oxygens (including phenoxy) is 1. The molecule has 0 saturated heterocycles. The van der Waals surface area contributed by atoms with Gasteiger partial charge in [-0.25, -0.2) is 0 Å². The van der Waals surface area contributed by atoms with E-state index in [0.717, 1.165) is 5.56 Å². The minimum Gasteiger partial charge on any atom is -0.466 e. The molecule has 1 aromatic carbocycles. The highest BCUT2D eigenvalue weighted by Crippen LogP contribution is 2.28. The van der Waals surface area contributed by atoms with E-state index >= 15 is 0 Å². The van der Waals surface area contributed by atoms with E-state index < -0.39 is 11.5 Å². The Hall–Kier alpha value is -1.06. The van der Waals surface area contributed by atoms with Crippen molar-refractivity contribution in [3.05, 3.63) is 34.9 Å². The van der Waals surface area contributed by atoms with Crippen LogP contribution in [0, 0.1) is 5.92 Å². The molecule has 1 aromatic rings. The maximum absolute atomic E-state index is 11.7. The molecule has 0 amide bonds. The lowest BCUT2D eigenvalue weighted by Gasteiger charge is -2.30. The van der Waals surface area contributed by atoms with Crippen LogP contribution in [0.25, 0.3) is 0 Å². The Labute approximate surface area is 107 Å². The molecule has 0 spiro atoms. The van der Waals surface area contributed by atoms with Gasteiger partial charge in [-0.3, -0.25) is 4.79 Å². The van der Waals surface area contributed by atoms with Gasteiger partial charge in [0.2, 0.25) is 0 Å². The fourth-order valence-corrected chi connectivity index (χ4v) is 1.70. The van der Waals surface area contributed by atoms with Crippen molar-refractivity contribution in [3.63, 3.8) is 0 Å². The molecule has 0 unspecified atom stereocenters. The number of benzene rings is 1. The van der Waals surface area contributed by atoms with Crippen LogP contribution >= 0.6 is 11.6 Å². The van der Waals surface area contributed by atoms with E-state index in [4.69, 9.17) is 22.1 Å². The summed E-state index contributed by atoms with van der Waals surface area (Å²) in [5.41, 5.74) is 6.32. The number of hydrogen-bond donors (Lipinski definition) is 1. The molecule has 2 N–H and O–H groups in total. The summed E-state index contributed by atoms with van der Waals surface area (Å²) in [6.45, 7) is 5.73. The monoisotopic (exact) mass is 255 g/mol. The van der Waals surface area contributed by atoms with Crippen molar-refractivity contribution in [2.75, 3.05) is 6.61 Å². The summed E-state index contributed by atoms with van der Waals surface area (Å²) in [6.07, 6.45) is 0. The van der Waals surface area contributed by atoms with Crippen LogP contribution in [-0.2, 0) is 15.1 Å². The third kappa shape index (κ3) is 3.20. The molecule has 1 rings (SSSR count). The lowest BCUT2D eigenvalue weighted by molar-refractivity contribution is -0.149. The Kier molecular flexibility index (Phi) is 4.54. The van der Waals surface area contributed by atoms with Gasteiger partial charge >= 0.3 is 5.97 Å². The Balaban J connectivity index is 2.93. The minimum atomic E-state index is -0.767. The van der Waals surface area contributed by atoms with E-state index in [1.165, 1.54) is 0 Å². The van der Waals surface area contributed by atoms with Crippen molar-refractivity contribution in [1.82, 2.24) is 0 Å². The molecule has 0 aliphatic carbocycles. The second-order valence-electron chi connectivity index (χ2n) is 4.26. The summed E-state index contributed by atoms with van der Waals surface area (Å²) >= 11 is 5.82. The molecule has 0 fully saturated rings. The van der Waals surface area contributed by atoms with Crippen molar-refractivity contribution >= 4 is 17.6 Å². The molecule has 4 heteroatoms. The van der Waals surface area contributed by atoms with Gasteiger partial charge in [0.25, 0.3) is 0 Å². The molecule has 0 aromatic heterocycles. The van der Waals surface area contributed by atoms with E-state index in [9.17, 15) is 4.79 Å². The molecule has 0 heterocycles. The smallest absolute Gasteiger partial charge is 0.310 e. The highest BCUT2D eigenvalue weighted by molar-refractivity contribution is 6.30. The van der Waals surface area contributed by atoms with Crippen LogP contribution < -0.4 is 5.73 Å². The van der Waals surface area contributed by atoms with Crippen LogP contribution in [0.1, 0.15) is 26.3 Å². The Morgan fingerprint density at radius 1 is 1.47 bits per heavy atom. The zero-order valence-corrected chi connectivity index (χ0v) is 11.1. The van der Waals surface area contributed by atoms with Gasteiger partial charge in [-0.1, -0.05) is 23.7 Å². The van der Waals surface area contributed by atoms with E-state index in [0.29, 0.717) is 11.6 Å². The third-order valence-electron chi connectivity index (χ3n) is 3.01. The highest BCUT2D eigenvalue weighted by atomic mass is 35.5. The first kappa shape index (κ1) is 14.0. The van der Waals surface area contributed by atoms with Crippen molar-refractivity contribution < 1.29 is 9.53 Å². The first-order chi connectivity index (χ1) is 7.89. The number of carbonyl (C=O) groups excluding carboxylic acids is 1. The fourth-order valence-electron chi connectivity index (χ4n) is 1.57. The lowest BCUT2D eigenvalue weighted by Crippen LogP contribution is -2.44. The maximum atomic E-state index is 11.7. The average molecular weight is 256 g/mol. The van der Waals surface area contributed by atoms with Crippen molar-refractivity contribution in [2.45, 2.75) is 26.3 Å². The molecular weight excluding hydrogens is 238 g/mol. The second kappa shape index (κ2) is 5.52. The molecular formula is C13H18ClNO2. The van der Waals surface area contributed by atoms with Gasteiger partial charge in [0.05, 0.1) is 18.1 Å². The quantitative estimate of drug-likeness (QED) is 0.842. The topological polar surface area (TPSA) is 52.3 Å². The van der Waals surface area contributed by atoms with Gasteiger partial charge in [-0.15, -0.1) is 0 Å². The van der Waals surface area contributed by atoms with Gasteiger partial charge < -0.3 is 10.5 Å². The molecule has 94 valence electrons. The summed E-state index contributed by atoms with van der Waals surface area (Å²) in [5.74, 6) is -0.698. The van der Waals surface area contributed by atoms with Crippen molar-refractivity contribution in [3.8, 4) is 0 Å².